The standard InChI is InChI=1S/C15H24ClN5O3S/c1-18(2)15(22)9-20-4-3-19(5-6-21-8-12(16)7-17-21)13-10-25(23,24)11-14(13)20/h7-8,13-14H,3-6,9-11H2,1-2H3/t13-,14+/m0/s1. The normalized spacial score (nSPS) is 26.5. The number of nitrogens with zero attached hydrogens (tertiary/aromatic N) is 5. The quantitative estimate of drug-likeness (QED) is 0.669. The van der Waals surface area contributed by atoms with Crippen LogP contribution in [0.5, 0.6) is 0 Å². The molecule has 1 amide bonds. The molecule has 10 heteroatoms. The topological polar surface area (TPSA) is 78.8 Å². The van der Waals surface area contributed by atoms with Crippen molar-refractivity contribution in [3.05, 3.63) is 17.4 Å². The van der Waals surface area contributed by atoms with E-state index in [2.05, 4.69) is 10.00 Å². The largest absolute Gasteiger partial charge is 0.348 e. The first kappa shape index (κ1) is 18.6. The molecule has 2 aliphatic heterocycles. The van der Waals surface area contributed by atoms with Crippen LogP contribution >= 0.6 is 11.6 Å². The second-order valence-corrected chi connectivity index (χ2v) is 9.52. The zero-order valence-electron chi connectivity index (χ0n) is 14.5. The van der Waals surface area contributed by atoms with Crippen LogP contribution < -0.4 is 0 Å². The summed E-state index contributed by atoms with van der Waals surface area (Å²) in [5.74, 6) is 0.287. The predicted molar refractivity (Wildman–Crippen MR) is 95.3 cm³/mol. The lowest BCUT2D eigenvalue weighted by Crippen LogP contribution is -2.60. The fraction of sp³-hybridized carbons (Fsp3) is 0.733. The maximum atomic E-state index is 12.2. The van der Waals surface area contributed by atoms with Crippen molar-refractivity contribution >= 4 is 27.3 Å². The summed E-state index contributed by atoms with van der Waals surface area (Å²) in [4.78, 5) is 17.8. The van der Waals surface area contributed by atoms with Gasteiger partial charge in [0.1, 0.15) is 0 Å². The highest BCUT2D eigenvalue weighted by molar-refractivity contribution is 7.91. The van der Waals surface area contributed by atoms with Crippen LogP contribution in [-0.4, -0.2) is 103 Å². The highest BCUT2D eigenvalue weighted by atomic mass is 35.5. The van der Waals surface area contributed by atoms with Crippen LogP contribution in [0, 0.1) is 0 Å². The van der Waals surface area contributed by atoms with Gasteiger partial charge in [-0.25, -0.2) is 8.42 Å². The molecule has 0 spiro atoms. The minimum atomic E-state index is -3.08. The number of halogens is 1. The molecule has 1 aromatic heterocycles. The molecule has 8 nitrogen and oxygen atoms in total. The Labute approximate surface area is 153 Å². The number of piperazine rings is 1. The first-order valence-electron chi connectivity index (χ1n) is 8.32. The lowest BCUT2D eigenvalue weighted by atomic mass is 10.0. The maximum absolute atomic E-state index is 12.2. The number of fused-ring (bicyclic) bond motifs is 1. The Hall–Kier alpha value is -1.16. The number of hydrogen-bond donors (Lipinski definition) is 0. The molecule has 0 N–H and O–H groups in total. The summed E-state index contributed by atoms with van der Waals surface area (Å²) in [6, 6.07) is -0.191. The van der Waals surface area contributed by atoms with Gasteiger partial charge in [0.25, 0.3) is 0 Å². The monoisotopic (exact) mass is 389 g/mol. The Balaban J connectivity index is 1.68. The summed E-state index contributed by atoms with van der Waals surface area (Å²) in [6.45, 7) is 3.07. The van der Waals surface area contributed by atoms with Crippen LogP contribution in [-0.2, 0) is 21.2 Å². The van der Waals surface area contributed by atoms with Gasteiger partial charge < -0.3 is 4.90 Å². The summed E-state index contributed by atoms with van der Waals surface area (Å²) in [5.41, 5.74) is 0. The van der Waals surface area contributed by atoms with Gasteiger partial charge in [0.2, 0.25) is 5.91 Å². The van der Waals surface area contributed by atoms with Crippen molar-refractivity contribution in [2.45, 2.75) is 18.6 Å². The van der Waals surface area contributed by atoms with Crippen molar-refractivity contribution in [3.63, 3.8) is 0 Å². The molecule has 3 heterocycles. The molecule has 0 aliphatic carbocycles. The second kappa shape index (κ2) is 7.22. The maximum Gasteiger partial charge on any atom is 0.236 e. The molecule has 2 atom stereocenters. The molecule has 2 aliphatic rings. The highest BCUT2D eigenvalue weighted by Crippen LogP contribution is 2.27. The van der Waals surface area contributed by atoms with E-state index in [1.54, 1.807) is 36.1 Å². The van der Waals surface area contributed by atoms with Crippen LogP contribution in [0.4, 0.5) is 0 Å². The van der Waals surface area contributed by atoms with E-state index in [-0.39, 0.29) is 36.0 Å². The molecule has 0 saturated carbocycles. The third kappa shape index (κ3) is 4.33. The molecular weight excluding hydrogens is 366 g/mol. The Morgan fingerprint density at radius 2 is 1.88 bits per heavy atom. The van der Waals surface area contributed by atoms with Crippen LogP contribution in [0.3, 0.4) is 0 Å². The lowest BCUT2D eigenvalue weighted by molar-refractivity contribution is -0.131. The summed E-state index contributed by atoms with van der Waals surface area (Å²) in [6.07, 6.45) is 3.35. The number of amides is 1. The number of aromatic nitrogens is 2. The number of carbonyl (C=O) groups is 1. The molecule has 2 saturated heterocycles. The van der Waals surface area contributed by atoms with Gasteiger partial charge in [-0.05, 0) is 0 Å². The van der Waals surface area contributed by atoms with E-state index in [0.29, 0.717) is 24.7 Å². The minimum Gasteiger partial charge on any atom is -0.348 e. The van der Waals surface area contributed by atoms with E-state index in [4.69, 9.17) is 11.6 Å². The zero-order valence-corrected chi connectivity index (χ0v) is 16.1. The van der Waals surface area contributed by atoms with E-state index in [9.17, 15) is 13.2 Å². The molecule has 0 unspecified atom stereocenters. The van der Waals surface area contributed by atoms with Crippen molar-refractivity contribution in [2.24, 2.45) is 0 Å². The van der Waals surface area contributed by atoms with Gasteiger partial charge in [0.15, 0.2) is 9.84 Å². The molecule has 2 fully saturated rings. The summed E-state index contributed by atoms with van der Waals surface area (Å²) in [7, 11) is 0.357. The average Bonchev–Trinajstić information content (AvgIpc) is 3.08. The first-order valence-corrected chi connectivity index (χ1v) is 10.5. The SMILES string of the molecule is CN(C)C(=O)CN1CCN(CCn2cc(Cl)cn2)[C@H]2CS(=O)(=O)C[C@H]21. The lowest BCUT2D eigenvalue weighted by Gasteiger charge is -2.43. The van der Waals surface area contributed by atoms with Crippen molar-refractivity contribution in [1.29, 1.82) is 0 Å². The third-order valence-electron chi connectivity index (χ3n) is 4.96. The minimum absolute atomic E-state index is 0.00248. The number of carbonyl (C=O) groups excluding carboxylic acids is 1. The Kier molecular flexibility index (Phi) is 5.38. The highest BCUT2D eigenvalue weighted by Gasteiger charge is 2.46. The van der Waals surface area contributed by atoms with E-state index in [1.165, 1.54) is 0 Å². The van der Waals surface area contributed by atoms with Crippen LogP contribution in [0.1, 0.15) is 0 Å². The summed E-state index contributed by atoms with van der Waals surface area (Å²) < 4.78 is 26.2. The fourth-order valence-corrected chi connectivity index (χ4v) is 5.78. The third-order valence-corrected chi connectivity index (χ3v) is 6.86. The van der Waals surface area contributed by atoms with Gasteiger partial charge in [-0.1, -0.05) is 11.6 Å². The smallest absolute Gasteiger partial charge is 0.236 e. The average molecular weight is 390 g/mol. The number of likely N-dealkylation sites (N-methyl/N-ethyl adjacent to an activating group) is 1. The summed E-state index contributed by atoms with van der Waals surface area (Å²) in [5, 5.41) is 4.76. The predicted octanol–water partition coefficient (Wildman–Crippen LogP) is -0.592. The van der Waals surface area contributed by atoms with Crippen molar-refractivity contribution in [1.82, 2.24) is 24.5 Å². The first-order chi connectivity index (χ1) is 11.7. The molecule has 0 bridgehead atoms. The van der Waals surface area contributed by atoms with Gasteiger partial charge in [0.05, 0.1) is 35.8 Å². The van der Waals surface area contributed by atoms with Crippen molar-refractivity contribution in [3.8, 4) is 0 Å². The molecule has 1 aromatic rings. The van der Waals surface area contributed by atoms with Gasteiger partial charge in [-0.2, -0.15) is 5.10 Å². The number of hydrogen-bond acceptors (Lipinski definition) is 6. The Bertz CT molecular complexity index is 735. The molecule has 0 radical (unpaired) electrons. The Morgan fingerprint density at radius 1 is 1.24 bits per heavy atom. The van der Waals surface area contributed by atoms with Crippen molar-refractivity contribution < 1.29 is 13.2 Å². The Morgan fingerprint density at radius 3 is 2.48 bits per heavy atom. The molecule has 3 rings (SSSR count). The van der Waals surface area contributed by atoms with Gasteiger partial charge in [-0.3, -0.25) is 19.3 Å². The molecule has 0 aromatic carbocycles. The van der Waals surface area contributed by atoms with Crippen LogP contribution in [0.15, 0.2) is 12.4 Å². The van der Waals surface area contributed by atoms with Crippen molar-refractivity contribution in [2.75, 3.05) is 51.8 Å². The van der Waals surface area contributed by atoms with Crippen LogP contribution in [0.2, 0.25) is 5.02 Å². The van der Waals surface area contributed by atoms with E-state index in [1.807, 2.05) is 4.90 Å². The van der Waals surface area contributed by atoms with Gasteiger partial charge >= 0.3 is 0 Å². The van der Waals surface area contributed by atoms with E-state index in [0.717, 1.165) is 6.54 Å². The number of rotatable bonds is 5. The van der Waals surface area contributed by atoms with Gasteiger partial charge in [0, 0.05) is 52.0 Å². The number of sulfone groups is 1. The summed E-state index contributed by atoms with van der Waals surface area (Å²) >= 11 is 5.88. The molecule has 25 heavy (non-hydrogen) atoms. The second-order valence-electron chi connectivity index (χ2n) is 6.93. The molecular formula is C15H24ClN5O3S. The molecule has 140 valence electrons. The zero-order chi connectivity index (χ0) is 18.2. The van der Waals surface area contributed by atoms with Gasteiger partial charge in [-0.15, -0.1) is 0 Å². The fourth-order valence-electron chi connectivity index (χ4n) is 3.58. The van der Waals surface area contributed by atoms with E-state index < -0.39 is 9.84 Å². The van der Waals surface area contributed by atoms with E-state index >= 15 is 0 Å². The van der Waals surface area contributed by atoms with Crippen LogP contribution in [0.25, 0.3) is 0 Å².